The minimum Gasteiger partial charge on any atom is -0.454 e. The van der Waals surface area contributed by atoms with Crippen molar-refractivity contribution in [1.29, 1.82) is 0 Å². The molecule has 1 atom stereocenters. The van der Waals surface area contributed by atoms with Gasteiger partial charge in [-0.25, -0.2) is 0 Å². The van der Waals surface area contributed by atoms with Crippen molar-refractivity contribution >= 4 is 15.9 Å². The highest BCUT2D eigenvalue weighted by molar-refractivity contribution is 9.09. The third-order valence-corrected chi connectivity index (χ3v) is 3.28. The molecule has 1 heterocycles. The van der Waals surface area contributed by atoms with Crippen molar-refractivity contribution in [3.05, 3.63) is 23.8 Å². The van der Waals surface area contributed by atoms with Crippen molar-refractivity contribution < 1.29 is 9.47 Å². The molecule has 0 aromatic heterocycles. The Morgan fingerprint density at radius 3 is 2.93 bits per heavy atom. The summed E-state index contributed by atoms with van der Waals surface area (Å²) in [7, 11) is 0. The van der Waals surface area contributed by atoms with Gasteiger partial charge in [-0.05, 0) is 30.5 Å². The molecule has 0 fully saturated rings. The fraction of sp³-hybridized carbons (Fsp3) is 0.500. The monoisotopic (exact) mass is 270 g/mol. The molecule has 0 aliphatic carbocycles. The summed E-state index contributed by atoms with van der Waals surface area (Å²) in [5.74, 6) is 1.74. The molecule has 0 N–H and O–H groups in total. The van der Waals surface area contributed by atoms with Crippen molar-refractivity contribution in [1.82, 2.24) is 0 Å². The van der Waals surface area contributed by atoms with Gasteiger partial charge in [-0.15, -0.1) is 0 Å². The van der Waals surface area contributed by atoms with Crippen LogP contribution in [-0.4, -0.2) is 11.6 Å². The maximum atomic E-state index is 5.34. The van der Waals surface area contributed by atoms with Gasteiger partial charge in [-0.3, -0.25) is 0 Å². The molecule has 1 aromatic rings. The third-order valence-electron chi connectivity index (χ3n) is 2.50. The maximum Gasteiger partial charge on any atom is 0.231 e. The van der Waals surface area contributed by atoms with E-state index in [4.69, 9.17) is 9.47 Å². The Morgan fingerprint density at radius 2 is 2.13 bits per heavy atom. The van der Waals surface area contributed by atoms with E-state index in [1.54, 1.807) is 0 Å². The van der Waals surface area contributed by atoms with Gasteiger partial charge in [-0.1, -0.05) is 35.3 Å². The number of alkyl halides is 1. The lowest BCUT2D eigenvalue weighted by Crippen LogP contribution is -2.01. The van der Waals surface area contributed by atoms with Crippen LogP contribution in [-0.2, 0) is 6.42 Å². The van der Waals surface area contributed by atoms with Crippen LogP contribution < -0.4 is 9.47 Å². The molecule has 1 aliphatic heterocycles. The number of fused-ring (bicyclic) bond motifs is 1. The first-order chi connectivity index (χ1) is 7.29. The smallest absolute Gasteiger partial charge is 0.231 e. The fourth-order valence-corrected chi connectivity index (χ4v) is 2.57. The van der Waals surface area contributed by atoms with Crippen LogP contribution >= 0.6 is 15.9 Å². The molecule has 0 saturated carbocycles. The largest absolute Gasteiger partial charge is 0.454 e. The number of hydrogen-bond donors (Lipinski definition) is 0. The van der Waals surface area contributed by atoms with E-state index < -0.39 is 0 Å². The standard InChI is InChI=1S/C12H15BrO2/c1-2-3-10(13)6-9-4-5-11-12(7-9)15-8-14-11/h4-5,7,10H,2-3,6,8H2,1H3. The molecular formula is C12H15BrO2. The lowest BCUT2D eigenvalue weighted by molar-refractivity contribution is 0.174. The van der Waals surface area contributed by atoms with Crippen LogP contribution in [0.5, 0.6) is 11.5 Å². The summed E-state index contributed by atoms with van der Waals surface area (Å²) in [6, 6.07) is 6.17. The van der Waals surface area contributed by atoms with E-state index in [1.165, 1.54) is 18.4 Å². The number of ether oxygens (including phenoxy) is 2. The van der Waals surface area contributed by atoms with E-state index in [2.05, 4.69) is 35.0 Å². The summed E-state index contributed by atoms with van der Waals surface area (Å²) >= 11 is 3.68. The van der Waals surface area contributed by atoms with Gasteiger partial charge in [-0.2, -0.15) is 0 Å². The Kier molecular flexibility index (Phi) is 3.52. The first-order valence-corrected chi connectivity index (χ1v) is 6.23. The van der Waals surface area contributed by atoms with Crippen molar-refractivity contribution in [2.75, 3.05) is 6.79 Å². The molecule has 0 radical (unpaired) electrons. The molecule has 1 aliphatic rings. The predicted octanol–water partition coefficient (Wildman–Crippen LogP) is 3.52. The fourth-order valence-electron chi connectivity index (χ4n) is 1.74. The Balaban J connectivity index is 2.03. The summed E-state index contributed by atoms with van der Waals surface area (Å²) in [5.41, 5.74) is 1.30. The Hall–Kier alpha value is -0.700. The highest BCUT2D eigenvalue weighted by Crippen LogP contribution is 2.33. The van der Waals surface area contributed by atoms with Crippen LogP contribution in [0.3, 0.4) is 0 Å². The second-order valence-electron chi connectivity index (χ2n) is 3.78. The minimum absolute atomic E-state index is 0.353. The number of halogens is 1. The van der Waals surface area contributed by atoms with Crippen LogP contribution in [0.15, 0.2) is 18.2 Å². The van der Waals surface area contributed by atoms with Gasteiger partial charge in [0.05, 0.1) is 0 Å². The van der Waals surface area contributed by atoms with E-state index in [0.717, 1.165) is 17.9 Å². The molecule has 0 amide bonds. The molecule has 0 bridgehead atoms. The zero-order chi connectivity index (χ0) is 10.7. The molecule has 0 spiro atoms. The van der Waals surface area contributed by atoms with Gasteiger partial charge in [0, 0.05) is 4.83 Å². The molecule has 2 rings (SSSR count). The molecule has 3 heteroatoms. The quantitative estimate of drug-likeness (QED) is 0.780. The molecule has 2 nitrogen and oxygen atoms in total. The van der Waals surface area contributed by atoms with Crippen LogP contribution in [0.4, 0.5) is 0 Å². The van der Waals surface area contributed by atoms with Crippen LogP contribution in [0, 0.1) is 0 Å². The molecule has 0 saturated heterocycles. The second-order valence-corrected chi connectivity index (χ2v) is 5.07. The lowest BCUT2D eigenvalue weighted by atomic mass is 10.1. The lowest BCUT2D eigenvalue weighted by Gasteiger charge is -2.08. The van der Waals surface area contributed by atoms with Crippen molar-refractivity contribution in [3.63, 3.8) is 0 Å². The Morgan fingerprint density at radius 1 is 1.33 bits per heavy atom. The third kappa shape index (κ3) is 2.65. The van der Waals surface area contributed by atoms with E-state index >= 15 is 0 Å². The Bertz CT molecular complexity index is 338. The van der Waals surface area contributed by atoms with E-state index in [9.17, 15) is 0 Å². The number of hydrogen-bond acceptors (Lipinski definition) is 2. The topological polar surface area (TPSA) is 18.5 Å². The number of benzene rings is 1. The zero-order valence-electron chi connectivity index (χ0n) is 8.83. The highest BCUT2D eigenvalue weighted by atomic mass is 79.9. The van der Waals surface area contributed by atoms with Gasteiger partial charge < -0.3 is 9.47 Å². The molecule has 1 aromatic carbocycles. The van der Waals surface area contributed by atoms with E-state index in [0.29, 0.717) is 11.6 Å². The summed E-state index contributed by atoms with van der Waals surface area (Å²) in [5, 5.41) is 0. The summed E-state index contributed by atoms with van der Waals surface area (Å²) in [4.78, 5) is 0.558. The average Bonchev–Trinajstić information content (AvgIpc) is 2.65. The van der Waals surface area contributed by atoms with Crippen molar-refractivity contribution in [2.45, 2.75) is 31.0 Å². The molecular weight excluding hydrogens is 256 g/mol. The number of rotatable bonds is 4. The minimum atomic E-state index is 0.353. The van der Waals surface area contributed by atoms with Crippen molar-refractivity contribution in [3.8, 4) is 11.5 Å². The van der Waals surface area contributed by atoms with Gasteiger partial charge in [0.25, 0.3) is 0 Å². The zero-order valence-corrected chi connectivity index (χ0v) is 10.4. The normalized spacial score (nSPS) is 15.3. The first-order valence-electron chi connectivity index (χ1n) is 5.32. The Labute approximate surface area is 98.7 Å². The van der Waals surface area contributed by atoms with Crippen LogP contribution in [0.2, 0.25) is 0 Å². The summed E-state index contributed by atoms with van der Waals surface area (Å²) in [6.45, 7) is 2.55. The second kappa shape index (κ2) is 4.88. The summed E-state index contributed by atoms with van der Waals surface area (Å²) in [6.07, 6.45) is 3.46. The molecule has 82 valence electrons. The van der Waals surface area contributed by atoms with E-state index in [-0.39, 0.29) is 0 Å². The summed E-state index contributed by atoms with van der Waals surface area (Å²) < 4.78 is 10.6. The predicted molar refractivity (Wildman–Crippen MR) is 63.9 cm³/mol. The van der Waals surface area contributed by atoms with Gasteiger partial charge in [0.2, 0.25) is 6.79 Å². The molecule has 15 heavy (non-hydrogen) atoms. The van der Waals surface area contributed by atoms with Gasteiger partial charge in [0.1, 0.15) is 0 Å². The maximum absolute atomic E-state index is 5.34. The van der Waals surface area contributed by atoms with Crippen molar-refractivity contribution in [2.24, 2.45) is 0 Å². The molecule has 1 unspecified atom stereocenters. The highest BCUT2D eigenvalue weighted by Gasteiger charge is 2.14. The average molecular weight is 271 g/mol. The van der Waals surface area contributed by atoms with Gasteiger partial charge in [0.15, 0.2) is 11.5 Å². The first kappa shape index (κ1) is 10.8. The van der Waals surface area contributed by atoms with Crippen LogP contribution in [0.25, 0.3) is 0 Å². The van der Waals surface area contributed by atoms with E-state index in [1.807, 2.05) is 6.07 Å². The van der Waals surface area contributed by atoms with Crippen LogP contribution in [0.1, 0.15) is 25.3 Å². The SMILES string of the molecule is CCCC(Br)Cc1ccc2c(c1)OCO2. The van der Waals surface area contributed by atoms with Gasteiger partial charge >= 0.3 is 0 Å².